The van der Waals surface area contributed by atoms with E-state index in [1.54, 1.807) is 6.20 Å². The Hall–Kier alpha value is -0.230. The highest BCUT2D eigenvalue weighted by Crippen LogP contribution is 2.29. The minimum atomic E-state index is 0.818. The highest BCUT2D eigenvalue weighted by atomic mass is 31.1. The van der Waals surface area contributed by atoms with Gasteiger partial charge < -0.3 is 0 Å². The van der Waals surface area contributed by atoms with Crippen LogP contribution >= 0.6 is 8.58 Å². The van der Waals surface area contributed by atoms with E-state index in [9.17, 15) is 0 Å². The first-order valence-corrected chi connectivity index (χ1v) is 7.20. The van der Waals surface area contributed by atoms with Crippen molar-refractivity contribution in [2.24, 2.45) is 11.0 Å². The van der Waals surface area contributed by atoms with Crippen LogP contribution in [0.1, 0.15) is 52.9 Å². The first-order valence-electron chi connectivity index (χ1n) is 6.00. The molecule has 0 saturated carbocycles. The molecule has 0 saturated heterocycles. The number of hydrogen-bond acceptors (Lipinski definition) is 2. The maximum absolute atomic E-state index is 6.87. The van der Waals surface area contributed by atoms with Gasteiger partial charge in [-0.1, -0.05) is 42.2 Å². The third-order valence-corrected chi connectivity index (χ3v) is 3.77. The van der Waals surface area contributed by atoms with E-state index in [1.807, 2.05) is 0 Å². The monoisotopic (exact) mass is 228 g/mol. The van der Waals surface area contributed by atoms with Gasteiger partial charge >= 0.3 is 0 Å². The molecule has 0 aliphatic heterocycles. The van der Waals surface area contributed by atoms with Gasteiger partial charge in [0, 0.05) is 0 Å². The largest absolute Gasteiger partial charge is 0.205 e. The van der Waals surface area contributed by atoms with Crippen molar-refractivity contribution in [2.45, 2.75) is 52.9 Å². The van der Waals surface area contributed by atoms with Crippen LogP contribution in [-0.2, 0) is 0 Å². The summed E-state index contributed by atoms with van der Waals surface area (Å²) in [5.74, 6) is 0.818. The van der Waals surface area contributed by atoms with Gasteiger partial charge in [-0.25, -0.2) is 5.53 Å². The van der Waals surface area contributed by atoms with Crippen LogP contribution in [0.4, 0.5) is 0 Å². The lowest BCUT2D eigenvalue weighted by atomic mass is 10.1. The Bertz CT molecular complexity index is 188. The molecule has 0 fully saturated rings. The predicted molar refractivity (Wildman–Crippen MR) is 70.0 cm³/mol. The Balaban J connectivity index is 3.66. The Kier molecular flexibility index (Phi) is 10.1. The van der Waals surface area contributed by atoms with Crippen molar-refractivity contribution in [3.05, 3.63) is 11.5 Å². The molecule has 0 aromatic carbocycles. The van der Waals surface area contributed by atoms with Crippen molar-refractivity contribution >= 4 is 8.58 Å². The number of nitrogens with one attached hydrogen (secondary N) is 1. The average Bonchev–Trinajstić information content (AvgIpc) is 2.20. The lowest BCUT2D eigenvalue weighted by Crippen LogP contribution is -1.88. The van der Waals surface area contributed by atoms with Gasteiger partial charge in [0.1, 0.15) is 0 Å². The molecular weight excluding hydrogens is 203 g/mol. The molecule has 3 heteroatoms. The molecule has 15 heavy (non-hydrogen) atoms. The average molecular weight is 228 g/mol. The lowest BCUT2D eigenvalue weighted by Gasteiger charge is -2.07. The lowest BCUT2D eigenvalue weighted by molar-refractivity contribution is 0.579. The summed E-state index contributed by atoms with van der Waals surface area (Å²) in [6, 6.07) is 0. The zero-order valence-electron chi connectivity index (χ0n) is 10.3. The molecule has 0 amide bonds. The fourth-order valence-electron chi connectivity index (χ4n) is 1.40. The molecule has 0 bridgehead atoms. The van der Waals surface area contributed by atoms with Gasteiger partial charge in [0.25, 0.3) is 0 Å². The van der Waals surface area contributed by atoms with Gasteiger partial charge in [-0.05, 0) is 36.7 Å². The highest BCUT2D eigenvalue weighted by molar-refractivity contribution is 7.43. The van der Waals surface area contributed by atoms with Crippen molar-refractivity contribution in [1.29, 1.82) is 5.53 Å². The van der Waals surface area contributed by atoms with Gasteiger partial charge in [0.15, 0.2) is 0 Å². The quantitative estimate of drug-likeness (QED) is 0.321. The second-order valence-corrected chi connectivity index (χ2v) is 5.85. The van der Waals surface area contributed by atoms with E-state index >= 15 is 0 Å². The van der Waals surface area contributed by atoms with Crippen LogP contribution in [-0.4, -0.2) is 6.16 Å². The molecule has 0 aliphatic carbocycles. The molecule has 1 N–H and O–H groups in total. The van der Waals surface area contributed by atoms with Crippen LogP contribution in [0.15, 0.2) is 16.6 Å². The third-order valence-electron chi connectivity index (χ3n) is 2.33. The van der Waals surface area contributed by atoms with E-state index in [4.69, 9.17) is 5.53 Å². The fourth-order valence-corrected chi connectivity index (χ4v) is 2.61. The summed E-state index contributed by atoms with van der Waals surface area (Å²) in [5.41, 5.74) is 6.87. The van der Waals surface area contributed by atoms with E-state index in [1.165, 1.54) is 37.2 Å². The molecule has 0 aromatic heterocycles. The molecule has 0 rings (SSSR count). The highest BCUT2D eigenvalue weighted by Gasteiger charge is 1.99. The summed E-state index contributed by atoms with van der Waals surface area (Å²) in [4.78, 5) is 0. The van der Waals surface area contributed by atoms with Gasteiger partial charge in [0.2, 0.25) is 0 Å². The first-order chi connectivity index (χ1) is 7.20. The van der Waals surface area contributed by atoms with Gasteiger partial charge in [-0.3, -0.25) is 0 Å². The van der Waals surface area contributed by atoms with E-state index in [2.05, 4.69) is 25.9 Å². The first kappa shape index (κ1) is 14.8. The third kappa shape index (κ3) is 10.1. The molecule has 0 radical (unpaired) electrons. The van der Waals surface area contributed by atoms with Crippen LogP contribution in [0.2, 0.25) is 0 Å². The zero-order valence-corrected chi connectivity index (χ0v) is 11.3. The van der Waals surface area contributed by atoms with Gasteiger partial charge in [0.05, 0.1) is 6.20 Å². The zero-order chi connectivity index (χ0) is 11.5. The van der Waals surface area contributed by atoms with Crippen molar-refractivity contribution in [3.8, 4) is 0 Å². The van der Waals surface area contributed by atoms with Crippen molar-refractivity contribution in [1.82, 2.24) is 0 Å². The van der Waals surface area contributed by atoms with Crippen LogP contribution in [0.5, 0.6) is 0 Å². The summed E-state index contributed by atoms with van der Waals surface area (Å²) >= 11 is 0. The van der Waals surface area contributed by atoms with E-state index < -0.39 is 0 Å². The Morgan fingerprint density at radius 3 is 2.67 bits per heavy atom. The molecule has 0 spiro atoms. The second-order valence-electron chi connectivity index (χ2n) is 4.35. The molecule has 88 valence electrons. The number of allylic oxidation sites excluding steroid dienone is 1. The molecule has 2 nitrogen and oxygen atoms in total. The Labute approximate surface area is 96.2 Å². The summed E-state index contributed by atoms with van der Waals surface area (Å²) in [7, 11) is 0.887. The summed E-state index contributed by atoms with van der Waals surface area (Å²) in [5, 5.41) is 4.78. The maximum atomic E-state index is 6.87. The maximum Gasteiger partial charge on any atom is 0.0522 e. The van der Waals surface area contributed by atoms with Crippen LogP contribution in [0, 0.1) is 11.4 Å². The minimum absolute atomic E-state index is 0.818. The van der Waals surface area contributed by atoms with Crippen LogP contribution in [0.3, 0.4) is 0 Å². The number of nitrogens with zero attached hydrogens (tertiary/aromatic N) is 1. The molecule has 0 aliphatic rings. The van der Waals surface area contributed by atoms with Gasteiger partial charge in [-0.15, -0.1) is 0 Å². The minimum Gasteiger partial charge on any atom is -0.205 e. The Morgan fingerprint density at radius 2 is 2.13 bits per heavy atom. The molecule has 1 unspecified atom stereocenters. The standard InChI is InChI=1S/C12H25N2P/c1-4-5-8-12(10-14-13)15-9-6-7-11(2)3/h10-11,13,15H,4-9H2,1-3H3/b12-10-,14-13?. The number of hydrogen-bond donors (Lipinski definition) is 1. The Morgan fingerprint density at radius 1 is 1.40 bits per heavy atom. The topological polar surface area (TPSA) is 36.2 Å². The number of unbranched alkanes of at least 4 members (excludes halogenated alkanes) is 1. The summed E-state index contributed by atoms with van der Waals surface area (Å²) in [6.07, 6.45) is 9.28. The summed E-state index contributed by atoms with van der Waals surface area (Å²) < 4.78 is 0. The SMILES string of the molecule is CCCC/C(=C/N=N)PCCCC(C)C. The number of rotatable bonds is 9. The second kappa shape index (κ2) is 10.3. The fraction of sp³-hybridized carbons (Fsp3) is 0.833. The van der Waals surface area contributed by atoms with Crippen molar-refractivity contribution in [3.63, 3.8) is 0 Å². The van der Waals surface area contributed by atoms with Gasteiger partial charge in [-0.2, -0.15) is 5.11 Å². The summed E-state index contributed by atoms with van der Waals surface area (Å²) in [6.45, 7) is 6.75. The van der Waals surface area contributed by atoms with Crippen LogP contribution < -0.4 is 0 Å². The van der Waals surface area contributed by atoms with Crippen molar-refractivity contribution < 1.29 is 0 Å². The smallest absolute Gasteiger partial charge is 0.0522 e. The van der Waals surface area contributed by atoms with E-state index in [-0.39, 0.29) is 0 Å². The molecular formula is C12H25N2P. The van der Waals surface area contributed by atoms with E-state index in [0.717, 1.165) is 20.9 Å². The normalized spacial score (nSPS) is 12.9. The van der Waals surface area contributed by atoms with Crippen molar-refractivity contribution in [2.75, 3.05) is 6.16 Å². The molecule has 1 atom stereocenters. The molecule has 0 heterocycles. The predicted octanol–water partition coefficient (Wildman–Crippen LogP) is 5.16. The van der Waals surface area contributed by atoms with Crippen LogP contribution in [0.25, 0.3) is 0 Å². The van der Waals surface area contributed by atoms with E-state index in [0.29, 0.717) is 0 Å². The molecule has 0 aromatic rings.